The van der Waals surface area contributed by atoms with E-state index in [1.54, 1.807) is 0 Å². The fourth-order valence-corrected chi connectivity index (χ4v) is 2.56. The molecule has 11 heavy (non-hydrogen) atoms. The Balaban J connectivity index is 2.06. The summed E-state index contributed by atoms with van der Waals surface area (Å²) in [5, 5.41) is 0. The largest absolute Gasteiger partial charge is 0.379 e. The van der Waals surface area contributed by atoms with E-state index in [0.29, 0.717) is 5.54 Å². The van der Waals surface area contributed by atoms with E-state index in [2.05, 4.69) is 17.1 Å². The molecule has 2 nitrogen and oxygen atoms in total. The molecule has 3 heteroatoms. The molecule has 0 aromatic carbocycles. The van der Waals surface area contributed by atoms with Gasteiger partial charge in [0.05, 0.1) is 12.1 Å². The lowest BCUT2D eigenvalue weighted by atomic mass is 9.91. The van der Waals surface area contributed by atoms with Crippen LogP contribution in [-0.2, 0) is 4.74 Å². The Hall–Kier alpha value is 0.270. The Morgan fingerprint density at radius 3 is 2.64 bits per heavy atom. The van der Waals surface area contributed by atoms with Crippen molar-refractivity contribution in [1.82, 2.24) is 4.31 Å². The third kappa shape index (κ3) is 1.30. The Labute approximate surface area is 73.4 Å². The molecule has 0 radical (unpaired) electrons. The van der Waals surface area contributed by atoms with Gasteiger partial charge in [-0.05, 0) is 25.7 Å². The summed E-state index contributed by atoms with van der Waals surface area (Å²) in [5.74, 6) is 0. The van der Waals surface area contributed by atoms with Crippen molar-refractivity contribution in [3.05, 3.63) is 0 Å². The van der Waals surface area contributed by atoms with Gasteiger partial charge < -0.3 is 4.74 Å². The van der Waals surface area contributed by atoms with Crippen LogP contribution >= 0.6 is 12.8 Å². The molecule has 2 fully saturated rings. The number of ether oxygens (including phenoxy) is 1. The van der Waals surface area contributed by atoms with Crippen LogP contribution in [0, 0.1) is 0 Å². The molecule has 0 saturated carbocycles. The molecule has 0 amide bonds. The topological polar surface area (TPSA) is 12.5 Å². The number of rotatable bonds is 0. The zero-order valence-electron chi connectivity index (χ0n) is 6.75. The first-order valence-electron chi connectivity index (χ1n) is 4.38. The molecule has 1 atom stereocenters. The summed E-state index contributed by atoms with van der Waals surface area (Å²) in [5.41, 5.74) is 0.307. The molecule has 2 heterocycles. The van der Waals surface area contributed by atoms with E-state index in [-0.39, 0.29) is 0 Å². The minimum Gasteiger partial charge on any atom is -0.379 e. The molecule has 1 unspecified atom stereocenters. The van der Waals surface area contributed by atoms with Gasteiger partial charge in [0.15, 0.2) is 0 Å². The molecule has 0 bridgehead atoms. The molecule has 0 aromatic heterocycles. The summed E-state index contributed by atoms with van der Waals surface area (Å²) < 4.78 is 7.67. The van der Waals surface area contributed by atoms with E-state index in [9.17, 15) is 0 Å². The van der Waals surface area contributed by atoms with Crippen LogP contribution in [0.25, 0.3) is 0 Å². The number of thiol groups is 1. The maximum Gasteiger partial charge on any atom is 0.0659 e. The molecule has 2 saturated heterocycles. The van der Waals surface area contributed by atoms with Crippen molar-refractivity contribution in [3.63, 3.8) is 0 Å². The standard InChI is InChI=1S/C8H15NOS/c11-9-5-1-3-8(9)4-2-6-10-7-8/h11H,1-7H2. The van der Waals surface area contributed by atoms with Crippen molar-refractivity contribution in [2.45, 2.75) is 31.2 Å². The average Bonchev–Trinajstić information content (AvgIpc) is 2.36. The number of hydrogen-bond donors (Lipinski definition) is 1. The van der Waals surface area contributed by atoms with Gasteiger partial charge in [0.1, 0.15) is 0 Å². The summed E-state index contributed by atoms with van der Waals surface area (Å²) in [4.78, 5) is 0. The molecule has 0 aliphatic carbocycles. The predicted molar refractivity (Wildman–Crippen MR) is 47.7 cm³/mol. The minimum atomic E-state index is 0.307. The number of hydrogen-bond acceptors (Lipinski definition) is 3. The summed E-state index contributed by atoms with van der Waals surface area (Å²) in [6.07, 6.45) is 5.04. The lowest BCUT2D eigenvalue weighted by molar-refractivity contribution is 0.00363. The third-order valence-electron chi connectivity index (χ3n) is 2.86. The van der Waals surface area contributed by atoms with Crippen molar-refractivity contribution in [1.29, 1.82) is 0 Å². The smallest absolute Gasteiger partial charge is 0.0659 e. The van der Waals surface area contributed by atoms with Gasteiger partial charge in [-0.1, -0.05) is 12.8 Å². The zero-order valence-corrected chi connectivity index (χ0v) is 7.65. The number of nitrogens with zero attached hydrogens (tertiary/aromatic N) is 1. The van der Waals surface area contributed by atoms with Gasteiger partial charge in [-0.3, -0.25) is 0 Å². The van der Waals surface area contributed by atoms with Crippen LogP contribution in [0.1, 0.15) is 25.7 Å². The van der Waals surface area contributed by atoms with E-state index in [1.807, 2.05) is 0 Å². The molecule has 1 spiro atoms. The summed E-state index contributed by atoms with van der Waals surface area (Å²) in [6.45, 7) is 2.98. The lowest BCUT2D eigenvalue weighted by Crippen LogP contribution is -2.45. The summed E-state index contributed by atoms with van der Waals surface area (Å²) in [7, 11) is 0. The van der Waals surface area contributed by atoms with E-state index in [1.165, 1.54) is 25.7 Å². The molecule has 0 N–H and O–H groups in total. The summed E-state index contributed by atoms with van der Waals surface area (Å²) >= 11 is 4.47. The van der Waals surface area contributed by atoms with Crippen LogP contribution < -0.4 is 0 Å². The Kier molecular flexibility index (Phi) is 2.12. The Morgan fingerprint density at radius 2 is 2.09 bits per heavy atom. The first kappa shape index (κ1) is 7.90. The first-order valence-corrected chi connectivity index (χ1v) is 4.78. The molecule has 0 aromatic rings. The van der Waals surface area contributed by atoms with Gasteiger partial charge in [-0.2, -0.15) is 0 Å². The molecule has 2 aliphatic rings. The first-order chi connectivity index (χ1) is 5.33. The minimum absolute atomic E-state index is 0.307. The van der Waals surface area contributed by atoms with E-state index >= 15 is 0 Å². The van der Waals surface area contributed by atoms with Crippen molar-refractivity contribution in [2.75, 3.05) is 19.8 Å². The average molecular weight is 173 g/mol. The monoisotopic (exact) mass is 173 g/mol. The van der Waals surface area contributed by atoms with Gasteiger partial charge in [0, 0.05) is 13.2 Å². The van der Waals surface area contributed by atoms with Crippen molar-refractivity contribution in [3.8, 4) is 0 Å². The van der Waals surface area contributed by atoms with Gasteiger partial charge in [-0.15, -0.1) is 0 Å². The zero-order chi connectivity index (χ0) is 7.73. The fraction of sp³-hybridized carbons (Fsp3) is 1.00. The molecular formula is C8H15NOS. The van der Waals surface area contributed by atoms with Gasteiger partial charge in [0.25, 0.3) is 0 Å². The Bertz CT molecular complexity index is 145. The summed E-state index contributed by atoms with van der Waals surface area (Å²) in [6, 6.07) is 0. The van der Waals surface area contributed by atoms with E-state index in [4.69, 9.17) is 4.74 Å². The van der Waals surface area contributed by atoms with Crippen molar-refractivity contribution in [2.24, 2.45) is 0 Å². The SMILES string of the molecule is SN1CCCC12CCCOC2. The third-order valence-corrected chi connectivity index (χ3v) is 3.49. The highest BCUT2D eigenvalue weighted by Crippen LogP contribution is 2.37. The van der Waals surface area contributed by atoms with Crippen LogP contribution in [0.3, 0.4) is 0 Å². The highest BCUT2D eigenvalue weighted by molar-refractivity contribution is 7.77. The maximum atomic E-state index is 5.49. The van der Waals surface area contributed by atoms with Crippen LogP contribution in [0.15, 0.2) is 0 Å². The van der Waals surface area contributed by atoms with Gasteiger partial charge in [-0.25, -0.2) is 4.31 Å². The van der Waals surface area contributed by atoms with E-state index in [0.717, 1.165) is 19.8 Å². The van der Waals surface area contributed by atoms with Crippen LogP contribution in [-0.4, -0.2) is 29.6 Å². The molecule has 2 aliphatic heterocycles. The normalized spacial score (nSPS) is 40.1. The van der Waals surface area contributed by atoms with Crippen molar-refractivity contribution < 1.29 is 4.74 Å². The van der Waals surface area contributed by atoms with Crippen LogP contribution in [0.5, 0.6) is 0 Å². The fourth-order valence-electron chi connectivity index (χ4n) is 2.16. The van der Waals surface area contributed by atoms with Crippen LogP contribution in [0.4, 0.5) is 0 Å². The quantitative estimate of drug-likeness (QED) is 0.557. The molecule has 64 valence electrons. The van der Waals surface area contributed by atoms with Crippen molar-refractivity contribution >= 4 is 12.8 Å². The van der Waals surface area contributed by atoms with Gasteiger partial charge in [0.2, 0.25) is 0 Å². The second-order valence-electron chi connectivity index (χ2n) is 3.61. The highest BCUT2D eigenvalue weighted by Gasteiger charge is 2.40. The maximum absolute atomic E-state index is 5.49. The Morgan fingerprint density at radius 1 is 1.27 bits per heavy atom. The second kappa shape index (κ2) is 2.96. The molecular weight excluding hydrogens is 158 g/mol. The van der Waals surface area contributed by atoms with Gasteiger partial charge >= 0.3 is 0 Å². The molecule has 2 rings (SSSR count). The second-order valence-corrected chi connectivity index (χ2v) is 4.09. The van der Waals surface area contributed by atoms with Crippen LogP contribution in [0.2, 0.25) is 0 Å². The van der Waals surface area contributed by atoms with E-state index < -0.39 is 0 Å². The highest BCUT2D eigenvalue weighted by atomic mass is 32.1. The lowest BCUT2D eigenvalue weighted by Gasteiger charge is -2.38. The predicted octanol–water partition coefficient (Wildman–Crippen LogP) is 1.48.